The quantitative estimate of drug-likeness (QED) is 0.301. The molecule has 0 aliphatic heterocycles. The van der Waals surface area contributed by atoms with Crippen LogP contribution >= 0.6 is 0 Å². The fraction of sp³-hybridized carbons (Fsp3) is 0.267. The van der Waals surface area contributed by atoms with Gasteiger partial charge in [-0.2, -0.15) is 0 Å². The number of para-hydroxylation sites is 1. The normalized spacial score (nSPS) is 12.3. The van der Waals surface area contributed by atoms with Gasteiger partial charge < -0.3 is 4.98 Å². The fourth-order valence-electron chi connectivity index (χ4n) is 4.89. The smallest absolute Gasteiger partial charge is 0.252 e. The van der Waals surface area contributed by atoms with E-state index in [2.05, 4.69) is 75.7 Å². The first kappa shape index (κ1) is 24.6. The molecule has 5 aromatic rings. The third kappa shape index (κ3) is 5.52. The maximum atomic E-state index is 13.2. The molecule has 0 fully saturated rings. The summed E-state index contributed by atoms with van der Waals surface area (Å²) in [5, 5.41) is 13.8. The van der Waals surface area contributed by atoms with Crippen LogP contribution in [0.4, 0.5) is 0 Å². The summed E-state index contributed by atoms with van der Waals surface area (Å²) in [7, 11) is 0. The molecule has 3 aromatic carbocycles. The number of aromatic nitrogens is 5. The summed E-state index contributed by atoms with van der Waals surface area (Å²) in [6.07, 6.45) is 0.797. The van der Waals surface area contributed by atoms with Gasteiger partial charge in [-0.1, -0.05) is 85.3 Å². The van der Waals surface area contributed by atoms with E-state index >= 15 is 0 Å². The molecule has 0 saturated heterocycles. The molecule has 0 spiro atoms. The third-order valence-corrected chi connectivity index (χ3v) is 6.90. The first-order chi connectivity index (χ1) is 18.0. The largest absolute Gasteiger partial charge is 0.321 e. The number of nitrogens with one attached hydrogen (secondary N) is 1. The van der Waals surface area contributed by atoms with Crippen molar-refractivity contribution in [1.29, 1.82) is 0 Å². The van der Waals surface area contributed by atoms with E-state index in [9.17, 15) is 4.79 Å². The molecule has 0 aliphatic carbocycles. The van der Waals surface area contributed by atoms with Crippen molar-refractivity contribution < 1.29 is 0 Å². The second kappa shape index (κ2) is 10.9. The molecule has 7 heteroatoms. The number of pyridine rings is 1. The van der Waals surface area contributed by atoms with Crippen LogP contribution in [-0.2, 0) is 19.6 Å². The van der Waals surface area contributed by atoms with Crippen LogP contribution in [0.25, 0.3) is 10.9 Å². The van der Waals surface area contributed by atoms with Gasteiger partial charge >= 0.3 is 0 Å². The van der Waals surface area contributed by atoms with Crippen LogP contribution in [0.15, 0.2) is 83.7 Å². The summed E-state index contributed by atoms with van der Waals surface area (Å²) in [5.74, 6) is 0.798. The van der Waals surface area contributed by atoms with Gasteiger partial charge in [0.25, 0.3) is 5.56 Å². The molecule has 1 atom stereocenters. The van der Waals surface area contributed by atoms with Crippen molar-refractivity contribution in [3.05, 3.63) is 123 Å². The number of nitrogens with zero attached hydrogens (tertiary/aromatic N) is 5. The van der Waals surface area contributed by atoms with Gasteiger partial charge in [0.1, 0.15) is 0 Å². The predicted molar refractivity (Wildman–Crippen MR) is 146 cm³/mol. The van der Waals surface area contributed by atoms with Gasteiger partial charge in [-0.05, 0) is 58.8 Å². The second-order valence-corrected chi connectivity index (χ2v) is 9.66. The topological polar surface area (TPSA) is 79.7 Å². The van der Waals surface area contributed by atoms with Crippen molar-refractivity contribution in [3.8, 4) is 0 Å². The van der Waals surface area contributed by atoms with E-state index in [0.717, 1.165) is 39.8 Å². The standard InChI is InChI=1S/C30H32N6O/c1-4-27(29-32-33-34-36(29)19-23-10-6-5-7-11-23)35(18-24-15-13-21(2)14-16-24)20-26-17-25-12-8-9-22(3)28(25)31-30(26)37/h5-17,27H,4,18-20H2,1-3H3,(H,31,37). The van der Waals surface area contributed by atoms with Crippen LogP contribution in [0.1, 0.15) is 53.0 Å². The van der Waals surface area contributed by atoms with Crippen LogP contribution in [0.3, 0.4) is 0 Å². The van der Waals surface area contributed by atoms with Crippen LogP contribution in [-0.4, -0.2) is 30.1 Å². The Morgan fingerprint density at radius 1 is 0.919 bits per heavy atom. The zero-order valence-electron chi connectivity index (χ0n) is 21.6. The van der Waals surface area contributed by atoms with Crippen LogP contribution in [0, 0.1) is 13.8 Å². The zero-order valence-corrected chi connectivity index (χ0v) is 21.6. The highest BCUT2D eigenvalue weighted by Gasteiger charge is 2.26. The lowest BCUT2D eigenvalue weighted by molar-refractivity contribution is 0.161. The number of benzene rings is 3. The number of H-pyrrole nitrogens is 1. The first-order valence-corrected chi connectivity index (χ1v) is 12.7. The molecule has 2 heterocycles. The number of fused-ring (bicyclic) bond motifs is 1. The molecule has 1 unspecified atom stereocenters. The monoisotopic (exact) mass is 492 g/mol. The van der Waals surface area contributed by atoms with E-state index in [0.29, 0.717) is 19.6 Å². The third-order valence-electron chi connectivity index (χ3n) is 6.90. The molecule has 7 nitrogen and oxygen atoms in total. The van der Waals surface area contributed by atoms with E-state index in [1.165, 1.54) is 11.1 Å². The molecule has 0 aliphatic rings. The number of aromatic amines is 1. The van der Waals surface area contributed by atoms with Crippen molar-refractivity contribution in [1.82, 2.24) is 30.1 Å². The number of tetrazole rings is 1. The Kier molecular flexibility index (Phi) is 7.23. The highest BCUT2D eigenvalue weighted by atomic mass is 16.1. The molecule has 1 N–H and O–H groups in total. The van der Waals surface area contributed by atoms with Gasteiger partial charge in [-0.3, -0.25) is 9.69 Å². The average molecular weight is 493 g/mol. The lowest BCUT2D eigenvalue weighted by Gasteiger charge is -2.30. The van der Waals surface area contributed by atoms with Crippen molar-refractivity contribution in [2.24, 2.45) is 0 Å². The fourth-order valence-corrected chi connectivity index (χ4v) is 4.89. The van der Waals surface area contributed by atoms with Gasteiger partial charge in [-0.15, -0.1) is 5.10 Å². The van der Waals surface area contributed by atoms with Gasteiger partial charge in [0.2, 0.25) is 0 Å². The van der Waals surface area contributed by atoms with Gasteiger partial charge in [-0.25, -0.2) is 4.68 Å². The molecule has 2 aromatic heterocycles. The van der Waals surface area contributed by atoms with Gasteiger partial charge in [0.15, 0.2) is 5.82 Å². The predicted octanol–water partition coefficient (Wildman–Crippen LogP) is 5.33. The summed E-state index contributed by atoms with van der Waals surface area (Å²) in [6, 6.07) is 26.8. The second-order valence-electron chi connectivity index (χ2n) is 9.66. The summed E-state index contributed by atoms with van der Waals surface area (Å²) >= 11 is 0. The van der Waals surface area contributed by atoms with Crippen LogP contribution in [0.5, 0.6) is 0 Å². The molecule has 0 amide bonds. The Hall–Kier alpha value is -4.10. The molecule has 5 rings (SSSR count). The Bertz CT molecular complexity index is 1540. The van der Waals surface area contributed by atoms with E-state index < -0.39 is 0 Å². The van der Waals surface area contributed by atoms with E-state index in [1.54, 1.807) is 0 Å². The Labute approximate surface area is 216 Å². The minimum atomic E-state index is -0.0763. The Balaban J connectivity index is 1.52. The lowest BCUT2D eigenvalue weighted by Crippen LogP contribution is -2.32. The summed E-state index contributed by atoms with van der Waals surface area (Å²) in [6.45, 7) is 7.98. The number of aryl methyl sites for hydroxylation is 2. The maximum Gasteiger partial charge on any atom is 0.252 e. The van der Waals surface area contributed by atoms with E-state index in [4.69, 9.17) is 0 Å². The zero-order chi connectivity index (χ0) is 25.8. The minimum Gasteiger partial charge on any atom is -0.321 e. The maximum absolute atomic E-state index is 13.2. The summed E-state index contributed by atoms with van der Waals surface area (Å²) in [5.41, 5.74) is 6.15. The average Bonchev–Trinajstić information content (AvgIpc) is 3.35. The lowest BCUT2D eigenvalue weighted by atomic mass is 10.1. The minimum absolute atomic E-state index is 0.0607. The Morgan fingerprint density at radius 2 is 1.70 bits per heavy atom. The molecular formula is C30H32N6O. The number of rotatable bonds is 9. The van der Waals surface area contributed by atoms with Crippen LogP contribution < -0.4 is 5.56 Å². The number of hydrogen-bond acceptors (Lipinski definition) is 5. The highest BCUT2D eigenvalue weighted by Crippen LogP contribution is 2.27. The van der Waals surface area contributed by atoms with Crippen LogP contribution in [0.2, 0.25) is 0 Å². The summed E-state index contributed by atoms with van der Waals surface area (Å²) in [4.78, 5) is 18.6. The highest BCUT2D eigenvalue weighted by molar-refractivity contribution is 5.81. The molecular weight excluding hydrogens is 460 g/mol. The van der Waals surface area contributed by atoms with Crippen molar-refractivity contribution in [3.63, 3.8) is 0 Å². The molecule has 0 radical (unpaired) electrons. The Morgan fingerprint density at radius 3 is 2.46 bits per heavy atom. The van der Waals surface area contributed by atoms with Gasteiger partial charge in [0.05, 0.1) is 18.1 Å². The van der Waals surface area contributed by atoms with E-state index in [-0.39, 0.29) is 11.6 Å². The molecule has 0 bridgehead atoms. The molecule has 0 saturated carbocycles. The van der Waals surface area contributed by atoms with Crippen molar-refractivity contribution in [2.75, 3.05) is 0 Å². The van der Waals surface area contributed by atoms with E-state index in [1.807, 2.05) is 54.1 Å². The number of hydrogen-bond donors (Lipinski definition) is 1. The van der Waals surface area contributed by atoms with Crippen molar-refractivity contribution in [2.45, 2.75) is 52.9 Å². The van der Waals surface area contributed by atoms with Gasteiger partial charge in [0, 0.05) is 18.7 Å². The summed E-state index contributed by atoms with van der Waals surface area (Å²) < 4.78 is 1.87. The molecule has 37 heavy (non-hydrogen) atoms. The first-order valence-electron chi connectivity index (χ1n) is 12.7. The SMILES string of the molecule is CCC(c1nnnn1Cc1ccccc1)N(Cc1ccc(C)cc1)Cc1cc2cccc(C)c2[nH]c1=O. The van der Waals surface area contributed by atoms with Crippen molar-refractivity contribution >= 4 is 10.9 Å². The molecule has 188 valence electrons.